The molecule has 0 saturated carbocycles. The van der Waals surface area contributed by atoms with E-state index in [4.69, 9.17) is 4.74 Å². The van der Waals surface area contributed by atoms with Gasteiger partial charge in [0, 0.05) is 29.5 Å². The lowest BCUT2D eigenvalue weighted by molar-refractivity contribution is -0.120. The van der Waals surface area contributed by atoms with Crippen molar-refractivity contribution < 1.29 is 9.53 Å². The van der Waals surface area contributed by atoms with E-state index in [1.165, 1.54) is 0 Å². The number of aromatic nitrogens is 5. The summed E-state index contributed by atoms with van der Waals surface area (Å²) in [6, 6.07) is 14.9. The molecule has 1 aromatic carbocycles. The predicted octanol–water partition coefficient (Wildman–Crippen LogP) is 3.93. The van der Waals surface area contributed by atoms with Gasteiger partial charge in [-0.25, -0.2) is 4.98 Å². The van der Waals surface area contributed by atoms with E-state index in [1.807, 2.05) is 36.4 Å². The molecule has 0 spiro atoms. The Morgan fingerprint density at radius 3 is 2.78 bits per heavy atom. The van der Waals surface area contributed by atoms with E-state index in [1.54, 1.807) is 29.2 Å². The molecule has 32 heavy (non-hydrogen) atoms. The Bertz CT molecular complexity index is 1240. The van der Waals surface area contributed by atoms with Gasteiger partial charge in [0.25, 0.3) is 0 Å². The SMILES string of the molecule is O=C(Nc1ccc(Oc2cccc(Br)c2)nc1)C1CCN(c2ccc3nncn3n2)CC1. The molecule has 0 aliphatic carbocycles. The number of anilines is 2. The van der Waals surface area contributed by atoms with Crippen LogP contribution in [0.25, 0.3) is 5.65 Å². The quantitative estimate of drug-likeness (QED) is 0.449. The minimum absolute atomic E-state index is 0.00864. The summed E-state index contributed by atoms with van der Waals surface area (Å²) in [5.74, 6) is 1.97. The minimum Gasteiger partial charge on any atom is -0.439 e. The van der Waals surface area contributed by atoms with Crippen LogP contribution >= 0.6 is 15.9 Å². The van der Waals surface area contributed by atoms with E-state index in [0.29, 0.717) is 23.0 Å². The molecule has 0 unspecified atom stereocenters. The summed E-state index contributed by atoms with van der Waals surface area (Å²) in [6.45, 7) is 1.52. The first kappa shape index (κ1) is 20.4. The van der Waals surface area contributed by atoms with Gasteiger partial charge < -0.3 is 15.0 Å². The number of hydrogen-bond donors (Lipinski definition) is 1. The lowest BCUT2D eigenvalue weighted by Crippen LogP contribution is -2.38. The summed E-state index contributed by atoms with van der Waals surface area (Å²) in [7, 11) is 0. The molecular formula is C22H20BrN7O2. The van der Waals surface area contributed by atoms with Gasteiger partial charge in [0.05, 0.1) is 11.9 Å². The molecule has 0 atom stereocenters. The number of carbonyl (C=O) groups is 1. The first-order valence-corrected chi connectivity index (χ1v) is 11.1. The summed E-state index contributed by atoms with van der Waals surface area (Å²) in [5, 5.41) is 15.3. The number of rotatable bonds is 5. The molecule has 1 N–H and O–H groups in total. The molecule has 1 amide bonds. The van der Waals surface area contributed by atoms with Crippen molar-refractivity contribution in [3.63, 3.8) is 0 Å². The second-order valence-electron chi connectivity index (χ2n) is 7.52. The third-order valence-corrected chi connectivity index (χ3v) is 5.85. The smallest absolute Gasteiger partial charge is 0.227 e. The van der Waals surface area contributed by atoms with E-state index in [0.717, 1.165) is 36.2 Å². The number of nitrogens with one attached hydrogen (secondary N) is 1. The number of ether oxygens (including phenoxy) is 1. The molecule has 0 radical (unpaired) electrons. The van der Waals surface area contributed by atoms with Crippen molar-refractivity contribution >= 4 is 39.0 Å². The highest BCUT2D eigenvalue weighted by Gasteiger charge is 2.26. The Morgan fingerprint density at radius 1 is 1.12 bits per heavy atom. The average molecular weight is 494 g/mol. The van der Waals surface area contributed by atoms with Crippen LogP contribution in [0.4, 0.5) is 11.5 Å². The number of piperidine rings is 1. The maximum atomic E-state index is 12.7. The van der Waals surface area contributed by atoms with Crippen LogP contribution < -0.4 is 15.0 Å². The van der Waals surface area contributed by atoms with E-state index >= 15 is 0 Å². The van der Waals surface area contributed by atoms with Crippen LogP contribution in [0.3, 0.4) is 0 Å². The highest BCUT2D eigenvalue weighted by atomic mass is 79.9. The zero-order valence-electron chi connectivity index (χ0n) is 17.1. The third kappa shape index (κ3) is 4.54. The van der Waals surface area contributed by atoms with Gasteiger partial charge in [0.2, 0.25) is 11.8 Å². The Kier molecular flexibility index (Phi) is 5.68. The fourth-order valence-electron chi connectivity index (χ4n) is 3.67. The Morgan fingerprint density at radius 2 is 2.00 bits per heavy atom. The maximum Gasteiger partial charge on any atom is 0.227 e. The second kappa shape index (κ2) is 8.91. The zero-order chi connectivity index (χ0) is 21.9. The molecular weight excluding hydrogens is 474 g/mol. The van der Waals surface area contributed by atoms with Crippen LogP contribution in [-0.4, -0.2) is 43.8 Å². The van der Waals surface area contributed by atoms with Gasteiger partial charge in [-0.3, -0.25) is 4.79 Å². The molecule has 1 aliphatic rings. The lowest BCUT2D eigenvalue weighted by Gasteiger charge is -2.31. The molecule has 162 valence electrons. The number of nitrogens with zero attached hydrogens (tertiary/aromatic N) is 6. The van der Waals surface area contributed by atoms with Gasteiger partial charge in [0.15, 0.2) is 5.65 Å². The standard InChI is InChI=1S/C22H20BrN7O2/c23-16-2-1-3-18(12-16)32-21-7-4-17(13-24-21)26-22(31)15-8-10-29(11-9-15)20-6-5-19-27-25-14-30(19)28-20/h1-7,12-15H,8-11H2,(H,26,31). The van der Waals surface area contributed by atoms with Crippen molar-refractivity contribution in [2.24, 2.45) is 5.92 Å². The van der Waals surface area contributed by atoms with Crippen LogP contribution in [0.1, 0.15) is 12.8 Å². The van der Waals surface area contributed by atoms with E-state index < -0.39 is 0 Å². The summed E-state index contributed by atoms with van der Waals surface area (Å²) in [6.07, 6.45) is 4.71. The molecule has 5 rings (SSSR count). The molecule has 3 aromatic heterocycles. The summed E-state index contributed by atoms with van der Waals surface area (Å²) in [4.78, 5) is 19.2. The van der Waals surface area contributed by atoms with Crippen molar-refractivity contribution in [2.75, 3.05) is 23.3 Å². The molecule has 1 saturated heterocycles. The number of carbonyl (C=O) groups excluding carboxylic acids is 1. The van der Waals surface area contributed by atoms with E-state index in [-0.39, 0.29) is 11.8 Å². The fraction of sp³-hybridized carbons (Fsp3) is 0.227. The van der Waals surface area contributed by atoms with Crippen LogP contribution in [0.2, 0.25) is 0 Å². The highest BCUT2D eigenvalue weighted by Crippen LogP contribution is 2.25. The van der Waals surface area contributed by atoms with Crippen molar-refractivity contribution in [2.45, 2.75) is 12.8 Å². The number of hydrogen-bond acceptors (Lipinski definition) is 7. The fourth-order valence-corrected chi connectivity index (χ4v) is 4.05. The van der Waals surface area contributed by atoms with Crippen molar-refractivity contribution in [3.05, 3.63) is 65.5 Å². The van der Waals surface area contributed by atoms with Crippen LogP contribution in [0, 0.1) is 5.92 Å². The van der Waals surface area contributed by atoms with Gasteiger partial charge in [0.1, 0.15) is 17.9 Å². The minimum atomic E-state index is -0.0533. The van der Waals surface area contributed by atoms with Gasteiger partial charge >= 0.3 is 0 Å². The van der Waals surface area contributed by atoms with Crippen LogP contribution in [0.15, 0.2) is 65.5 Å². The molecule has 4 heterocycles. The van der Waals surface area contributed by atoms with Gasteiger partial charge in [-0.1, -0.05) is 22.0 Å². The average Bonchev–Trinajstić information content (AvgIpc) is 3.28. The van der Waals surface area contributed by atoms with Crippen LogP contribution in [-0.2, 0) is 4.79 Å². The molecule has 9 nitrogen and oxygen atoms in total. The maximum absolute atomic E-state index is 12.7. The number of pyridine rings is 1. The molecule has 0 bridgehead atoms. The monoisotopic (exact) mass is 493 g/mol. The second-order valence-corrected chi connectivity index (χ2v) is 8.44. The largest absolute Gasteiger partial charge is 0.439 e. The number of fused-ring (bicyclic) bond motifs is 1. The summed E-state index contributed by atoms with van der Waals surface area (Å²) < 4.78 is 8.32. The molecule has 4 aromatic rings. The van der Waals surface area contributed by atoms with Gasteiger partial charge in [-0.15, -0.1) is 15.3 Å². The summed E-state index contributed by atoms with van der Waals surface area (Å²) in [5.41, 5.74) is 1.36. The zero-order valence-corrected chi connectivity index (χ0v) is 18.6. The molecule has 1 fully saturated rings. The highest BCUT2D eigenvalue weighted by molar-refractivity contribution is 9.10. The Hall–Kier alpha value is -3.53. The lowest BCUT2D eigenvalue weighted by atomic mass is 9.96. The van der Waals surface area contributed by atoms with Crippen LogP contribution in [0.5, 0.6) is 11.6 Å². The Balaban J connectivity index is 1.15. The third-order valence-electron chi connectivity index (χ3n) is 5.36. The van der Waals surface area contributed by atoms with Gasteiger partial charge in [-0.2, -0.15) is 4.52 Å². The van der Waals surface area contributed by atoms with E-state index in [9.17, 15) is 4.79 Å². The normalized spacial score (nSPS) is 14.5. The van der Waals surface area contributed by atoms with Crippen molar-refractivity contribution in [3.8, 4) is 11.6 Å². The Labute approximate surface area is 192 Å². The molecule has 10 heteroatoms. The molecule has 1 aliphatic heterocycles. The van der Waals surface area contributed by atoms with Crippen molar-refractivity contribution in [1.82, 2.24) is 24.8 Å². The number of benzene rings is 1. The number of halogens is 1. The topological polar surface area (TPSA) is 97.5 Å². The van der Waals surface area contributed by atoms with E-state index in [2.05, 4.69) is 46.4 Å². The van der Waals surface area contributed by atoms with Crippen molar-refractivity contribution in [1.29, 1.82) is 0 Å². The number of amides is 1. The van der Waals surface area contributed by atoms with Gasteiger partial charge in [-0.05, 0) is 49.2 Å². The first-order chi connectivity index (χ1) is 15.6. The first-order valence-electron chi connectivity index (χ1n) is 10.3. The summed E-state index contributed by atoms with van der Waals surface area (Å²) >= 11 is 3.42. The predicted molar refractivity (Wildman–Crippen MR) is 123 cm³/mol.